The van der Waals surface area contributed by atoms with Crippen molar-refractivity contribution in [2.45, 2.75) is 12.7 Å². The lowest BCUT2D eigenvalue weighted by atomic mass is 9.98. The number of oxazole rings is 1. The largest absolute Gasteiger partial charge is 0.429 e. The number of para-hydroxylation sites is 2. The number of rotatable bonds is 5. The van der Waals surface area contributed by atoms with Gasteiger partial charge in [-0.3, -0.25) is 9.47 Å². The molecule has 4 rings (SSSR count). The standard InChI is InChI=1S/C22H20N2OS/c1-23(16-24-19-14-8-9-15-20(19)25-22(24)26)21(17-10-4-2-5-11-17)18-12-6-3-7-13-18/h2-15,21H,16H2,1H3. The molecule has 1 aromatic heterocycles. The Bertz CT molecular complexity index is 1010. The van der Waals surface area contributed by atoms with E-state index in [-0.39, 0.29) is 6.04 Å². The Kier molecular flexibility index (Phi) is 4.69. The number of benzene rings is 3. The molecule has 4 aromatic rings. The van der Waals surface area contributed by atoms with E-state index in [9.17, 15) is 0 Å². The van der Waals surface area contributed by atoms with E-state index < -0.39 is 0 Å². The van der Waals surface area contributed by atoms with E-state index in [0.29, 0.717) is 11.5 Å². The molecule has 1 heterocycles. The maximum Gasteiger partial charge on any atom is 0.270 e. The van der Waals surface area contributed by atoms with Crippen LogP contribution in [0.2, 0.25) is 0 Å². The number of nitrogens with zero attached hydrogens (tertiary/aromatic N) is 2. The zero-order valence-electron chi connectivity index (χ0n) is 14.6. The molecular weight excluding hydrogens is 340 g/mol. The molecule has 0 unspecified atom stereocenters. The van der Waals surface area contributed by atoms with Gasteiger partial charge in [-0.1, -0.05) is 72.8 Å². The number of aromatic nitrogens is 1. The molecule has 26 heavy (non-hydrogen) atoms. The molecule has 0 radical (unpaired) electrons. The van der Waals surface area contributed by atoms with Crippen LogP contribution in [0.15, 0.2) is 89.3 Å². The number of hydrogen-bond acceptors (Lipinski definition) is 3. The van der Waals surface area contributed by atoms with Gasteiger partial charge in [-0.05, 0) is 42.5 Å². The van der Waals surface area contributed by atoms with E-state index >= 15 is 0 Å². The van der Waals surface area contributed by atoms with Gasteiger partial charge in [0.25, 0.3) is 4.84 Å². The third kappa shape index (κ3) is 3.21. The van der Waals surface area contributed by atoms with E-state index in [0.717, 1.165) is 11.1 Å². The Morgan fingerprint density at radius 2 is 1.38 bits per heavy atom. The van der Waals surface area contributed by atoms with E-state index in [1.54, 1.807) is 0 Å². The first-order valence-electron chi connectivity index (χ1n) is 8.62. The Morgan fingerprint density at radius 3 is 2.00 bits per heavy atom. The van der Waals surface area contributed by atoms with Crippen molar-refractivity contribution in [3.63, 3.8) is 0 Å². The van der Waals surface area contributed by atoms with Crippen LogP contribution in [0, 0.1) is 4.84 Å². The minimum atomic E-state index is 0.132. The Morgan fingerprint density at radius 1 is 0.846 bits per heavy atom. The molecule has 0 spiro atoms. The third-order valence-corrected chi connectivity index (χ3v) is 4.91. The van der Waals surface area contributed by atoms with E-state index in [1.165, 1.54) is 11.1 Å². The van der Waals surface area contributed by atoms with Crippen LogP contribution in [-0.2, 0) is 6.67 Å². The first-order chi connectivity index (χ1) is 12.7. The highest BCUT2D eigenvalue weighted by atomic mass is 32.1. The minimum absolute atomic E-state index is 0.132. The maximum atomic E-state index is 5.74. The quantitative estimate of drug-likeness (QED) is 0.430. The van der Waals surface area contributed by atoms with Crippen LogP contribution >= 0.6 is 12.2 Å². The van der Waals surface area contributed by atoms with Gasteiger partial charge in [-0.25, -0.2) is 0 Å². The fourth-order valence-corrected chi connectivity index (χ4v) is 3.67. The van der Waals surface area contributed by atoms with Gasteiger partial charge in [0.1, 0.15) is 0 Å². The van der Waals surface area contributed by atoms with Crippen LogP contribution < -0.4 is 0 Å². The highest BCUT2D eigenvalue weighted by Gasteiger charge is 2.20. The van der Waals surface area contributed by atoms with Crippen molar-refractivity contribution in [1.82, 2.24) is 9.47 Å². The highest BCUT2D eigenvalue weighted by molar-refractivity contribution is 7.71. The zero-order chi connectivity index (χ0) is 17.9. The average Bonchev–Trinajstić information content (AvgIpc) is 2.99. The highest BCUT2D eigenvalue weighted by Crippen LogP contribution is 2.29. The van der Waals surface area contributed by atoms with Crippen LogP contribution in [0.25, 0.3) is 11.1 Å². The second kappa shape index (κ2) is 7.28. The van der Waals surface area contributed by atoms with Crippen molar-refractivity contribution in [2.75, 3.05) is 7.05 Å². The SMILES string of the molecule is CN(Cn1c(=S)oc2ccccc21)C(c1ccccc1)c1ccccc1. The lowest BCUT2D eigenvalue weighted by Gasteiger charge is -2.29. The molecule has 3 aromatic carbocycles. The van der Waals surface area contributed by atoms with Gasteiger partial charge < -0.3 is 4.42 Å². The fourth-order valence-electron chi connectivity index (χ4n) is 3.42. The summed E-state index contributed by atoms with van der Waals surface area (Å²) in [6.07, 6.45) is 0. The molecule has 0 fully saturated rings. The maximum absolute atomic E-state index is 5.74. The fraction of sp³-hybridized carbons (Fsp3) is 0.136. The van der Waals surface area contributed by atoms with Gasteiger partial charge in [-0.2, -0.15) is 0 Å². The minimum Gasteiger partial charge on any atom is -0.429 e. The molecule has 0 saturated heterocycles. The topological polar surface area (TPSA) is 21.3 Å². The first kappa shape index (κ1) is 16.8. The summed E-state index contributed by atoms with van der Waals surface area (Å²) in [7, 11) is 2.12. The van der Waals surface area contributed by atoms with Gasteiger partial charge in [0.05, 0.1) is 18.2 Å². The van der Waals surface area contributed by atoms with Crippen LogP contribution in [0.5, 0.6) is 0 Å². The van der Waals surface area contributed by atoms with Gasteiger partial charge in [0, 0.05) is 0 Å². The molecular formula is C22H20N2OS. The van der Waals surface area contributed by atoms with Crippen molar-refractivity contribution in [3.05, 3.63) is 101 Å². The molecule has 0 N–H and O–H groups in total. The molecule has 0 aliphatic carbocycles. The van der Waals surface area contributed by atoms with Crippen molar-refractivity contribution in [2.24, 2.45) is 0 Å². The number of fused-ring (bicyclic) bond motifs is 1. The molecule has 0 saturated carbocycles. The predicted octanol–water partition coefficient (Wildman–Crippen LogP) is 5.64. The van der Waals surface area contributed by atoms with Crippen molar-refractivity contribution < 1.29 is 4.42 Å². The molecule has 0 aliphatic heterocycles. The molecule has 0 bridgehead atoms. The van der Waals surface area contributed by atoms with Crippen LogP contribution in [-0.4, -0.2) is 16.5 Å². The van der Waals surface area contributed by atoms with E-state index in [1.807, 2.05) is 41.0 Å². The summed E-state index contributed by atoms with van der Waals surface area (Å²) in [5, 5.41) is 0. The van der Waals surface area contributed by atoms with Crippen molar-refractivity contribution in [3.8, 4) is 0 Å². The van der Waals surface area contributed by atoms with Crippen molar-refractivity contribution in [1.29, 1.82) is 0 Å². The number of hydrogen-bond donors (Lipinski definition) is 0. The summed E-state index contributed by atoms with van der Waals surface area (Å²) < 4.78 is 7.79. The van der Waals surface area contributed by atoms with Crippen LogP contribution in [0.1, 0.15) is 17.2 Å². The summed E-state index contributed by atoms with van der Waals surface area (Å²) in [5.41, 5.74) is 4.34. The zero-order valence-corrected chi connectivity index (χ0v) is 15.4. The summed E-state index contributed by atoms with van der Waals surface area (Å²) in [4.78, 5) is 2.79. The third-order valence-electron chi connectivity index (χ3n) is 4.61. The van der Waals surface area contributed by atoms with Crippen LogP contribution in [0.4, 0.5) is 0 Å². The summed E-state index contributed by atoms with van der Waals surface area (Å²) in [6.45, 7) is 0.643. The monoisotopic (exact) mass is 360 g/mol. The lowest BCUT2D eigenvalue weighted by molar-refractivity contribution is 0.219. The second-order valence-corrected chi connectivity index (χ2v) is 6.74. The van der Waals surface area contributed by atoms with E-state index in [4.69, 9.17) is 16.6 Å². The Labute approximate surface area is 158 Å². The summed E-state index contributed by atoms with van der Waals surface area (Å²) in [5.74, 6) is 0. The Hall–Kier alpha value is -2.69. The molecule has 0 aliphatic rings. The average molecular weight is 360 g/mol. The van der Waals surface area contributed by atoms with Crippen LogP contribution in [0.3, 0.4) is 0 Å². The molecule has 3 nitrogen and oxygen atoms in total. The smallest absolute Gasteiger partial charge is 0.270 e. The summed E-state index contributed by atoms with van der Waals surface area (Å²) in [6, 6.07) is 29.2. The molecule has 4 heteroatoms. The van der Waals surface area contributed by atoms with E-state index in [2.05, 4.69) is 60.5 Å². The first-order valence-corrected chi connectivity index (χ1v) is 9.03. The lowest BCUT2D eigenvalue weighted by Crippen LogP contribution is -2.28. The van der Waals surface area contributed by atoms with Gasteiger partial charge >= 0.3 is 0 Å². The van der Waals surface area contributed by atoms with Gasteiger partial charge in [0.2, 0.25) is 0 Å². The normalized spacial score (nSPS) is 11.5. The van der Waals surface area contributed by atoms with Gasteiger partial charge in [-0.15, -0.1) is 0 Å². The molecule has 130 valence electrons. The molecule has 0 atom stereocenters. The second-order valence-electron chi connectivity index (χ2n) is 6.39. The molecule has 0 amide bonds. The van der Waals surface area contributed by atoms with Gasteiger partial charge in [0.15, 0.2) is 5.58 Å². The summed E-state index contributed by atoms with van der Waals surface area (Å²) >= 11 is 5.46. The predicted molar refractivity (Wildman–Crippen MR) is 108 cm³/mol. The Balaban J connectivity index is 1.74. The van der Waals surface area contributed by atoms with Crippen molar-refractivity contribution >= 4 is 23.3 Å².